The van der Waals surface area contributed by atoms with E-state index in [1.54, 1.807) is 0 Å². The highest BCUT2D eigenvalue weighted by Crippen LogP contribution is 2.31. The van der Waals surface area contributed by atoms with Crippen LogP contribution in [0.2, 0.25) is 0 Å². The summed E-state index contributed by atoms with van der Waals surface area (Å²) in [5, 5.41) is 2.35. The minimum absolute atomic E-state index is 0.945. The maximum absolute atomic E-state index is 5.84. The quantitative estimate of drug-likeness (QED) is 0.398. The Kier molecular flexibility index (Phi) is 3.74. The molecule has 0 aliphatic carbocycles. The third-order valence-corrected chi connectivity index (χ3v) is 3.48. The zero-order valence-electron chi connectivity index (χ0n) is 12.3. The molecule has 0 unspecified atom stereocenters. The summed E-state index contributed by atoms with van der Waals surface area (Å²) in [6, 6.07) is 25.0. The van der Waals surface area contributed by atoms with Gasteiger partial charge in [-0.3, -0.25) is 0 Å². The highest BCUT2D eigenvalue weighted by atomic mass is 16.3. The molecule has 104 valence electrons. The van der Waals surface area contributed by atoms with Crippen molar-refractivity contribution in [3.63, 3.8) is 0 Å². The molecule has 0 aliphatic rings. The van der Waals surface area contributed by atoms with Crippen molar-refractivity contribution >= 4 is 21.9 Å². The molecule has 0 amide bonds. The van der Waals surface area contributed by atoms with Crippen LogP contribution in [0, 0.1) is 0 Å². The largest absolute Gasteiger partial charge is 0.456 e. The Morgan fingerprint density at radius 3 is 2.05 bits per heavy atom. The maximum Gasteiger partial charge on any atom is 0.135 e. The van der Waals surface area contributed by atoms with E-state index in [4.69, 9.17) is 4.42 Å². The minimum Gasteiger partial charge on any atom is -0.456 e. The van der Waals surface area contributed by atoms with Crippen LogP contribution in [-0.2, 0) is 0 Å². The average Bonchev–Trinajstić information content (AvgIpc) is 2.95. The van der Waals surface area contributed by atoms with Crippen LogP contribution in [0.4, 0.5) is 0 Å². The van der Waals surface area contributed by atoms with Gasteiger partial charge in [-0.1, -0.05) is 68.4 Å². The summed E-state index contributed by atoms with van der Waals surface area (Å²) in [5.74, 6) is 0. The standard InChI is InChI=1S/C18H12O.C2H6/c1-2-6-13(7-3-1)14-10-11-18-16(12-14)15-8-4-5-9-17(15)19-18;1-2/h1-12H;1-2H3. The van der Waals surface area contributed by atoms with E-state index in [0.29, 0.717) is 0 Å². The molecule has 1 heteroatoms. The number of hydrogen-bond donors (Lipinski definition) is 0. The first kappa shape index (κ1) is 13.4. The molecular formula is C20H18O. The van der Waals surface area contributed by atoms with Crippen LogP contribution < -0.4 is 0 Å². The molecule has 0 N–H and O–H groups in total. The third kappa shape index (κ3) is 2.43. The van der Waals surface area contributed by atoms with E-state index in [0.717, 1.165) is 11.2 Å². The Balaban J connectivity index is 0.000000636. The van der Waals surface area contributed by atoms with Gasteiger partial charge in [0.2, 0.25) is 0 Å². The van der Waals surface area contributed by atoms with E-state index >= 15 is 0 Å². The zero-order chi connectivity index (χ0) is 14.7. The average molecular weight is 274 g/mol. The monoisotopic (exact) mass is 274 g/mol. The lowest BCUT2D eigenvalue weighted by Crippen LogP contribution is -1.76. The van der Waals surface area contributed by atoms with E-state index in [1.807, 2.05) is 38.1 Å². The number of hydrogen-bond acceptors (Lipinski definition) is 1. The molecule has 0 spiro atoms. The predicted molar refractivity (Wildman–Crippen MR) is 90.5 cm³/mol. The van der Waals surface area contributed by atoms with E-state index < -0.39 is 0 Å². The SMILES string of the molecule is CC.c1ccc(-c2ccc3oc4ccccc4c3c2)cc1. The number of rotatable bonds is 1. The fraction of sp³-hybridized carbons (Fsp3) is 0.100. The lowest BCUT2D eigenvalue weighted by atomic mass is 10.0. The second kappa shape index (κ2) is 5.84. The lowest BCUT2D eigenvalue weighted by molar-refractivity contribution is 0.669. The van der Waals surface area contributed by atoms with Gasteiger partial charge in [-0.15, -0.1) is 0 Å². The Morgan fingerprint density at radius 1 is 0.571 bits per heavy atom. The number of fused-ring (bicyclic) bond motifs is 3. The van der Waals surface area contributed by atoms with Crippen molar-refractivity contribution < 1.29 is 4.42 Å². The molecule has 21 heavy (non-hydrogen) atoms. The molecular weight excluding hydrogens is 256 g/mol. The fourth-order valence-corrected chi connectivity index (χ4v) is 2.54. The van der Waals surface area contributed by atoms with Crippen LogP contribution in [0.5, 0.6) is 0 Å². The van der Waals surface area contributed by atoms with Gasteiger partial charge in [0.25, 0.3) is 0 Å². The van der Waals surface area contributed by atoms with Crippen LogP contribution in [0.25, 0.3) is 33.1 Å². The molecule has 0 radical (unpaired) electrons. The molecule has 0 saturated carbocycles. The van der Waals surface area contributed by atoms with Crippen molar-refractivity contribution in [2.24, 2.45) is 0 Å². The maximum atomic E-state index is 5.84. The number of benzene rings is 3. The van der Waals surface area contributed by atoms with Crippen LogP contribution in [0.3, 0.4) is 0 Å². The Hall–Kier alpha value is -2.54. The van der Waals surface area contributed by atoms with Gasteiger partial charge in [0, 0.05) is 10.8 Å². The topological polar surface area (TPSA) is 13.1 Å². The summed E-state index contributed by atoms with van der Waals surface area (Å²) in [6.45, 7) is 4.00. The Morgan fingerprint density at radius 2 is 1.24 bits per heavy atom. The van der Waals surface area contributed by atoms with Gasteiger partial charge in [0.05, 0.1) is 0 Å². The van der Waals surface area contributed by atoms with E-state index in [1.165, 1.54) is 21.9 Å². The first-order valence-electron chi connectivity index (χ1n) is 7.38. The van der Waals surface area contributed by atoms with Gasteiger partial charge < -0.3 is 4.42 Å². The number of furan rings is 1. The Bertz CT molecular complexity index is 857. The first-order valence-corrected chi connectivity index (χ1v) is 7.38. The van der Waals surface area contributed by atoms with Crippen molar-refractivity contribution in [3.8, 4) is 11.1 Å². The summed E-state index contributed by atoms with van der Waals surface area (Å²) in [5.41, 5.74) is 4.35. The molecule has 0 saturated heterocycles. The van der Waals surface area contributed by atoms with E-state index in [2.05, 4.69) is 48.5 Å². The molecule has 4 aromatic rings. The zero-order valence-corrected chi connectivity index (χ0v) is 12.3. The normalized spacial score (nSPS) is 10.4. The second-order valence-electron chi connectivity index (χ2n) is 4.68. The van der Waals surface area contributed by atoms with Gasteiger partial charge in [-0.25, -0.2) is 0 Å². The summed E-state index contributed by atoms with van der Waals surface area (Å²) < 4.78 is 5.84. The third-order valence-electron chi connectivity index (χ3n) is 3.48. The summed E-state index contributed by atoms with van der Waals surface area (Å²) >= 11 is 0. The van der Waals surface area contributed by atoms with Crippen LogP contribution in [-0.4, -0.2) is 0 Å². The van der Waals surface area contributed by atoms with E-state index in [-0.39, 0.29) is 0 Å². The minimum atomic E-state index is 0.945. The van der Waals surface area contributed by atoms with E-state index in [9.17, 15) is 0 Å². The first-order chi connectivity index (χ1) is 10.4. The van der Waals surface area contributed by atoms with Crippen molar-refractivity contribution in [1.29, 1.82) is 0 Å². The fourth-order valence-electron chi connectivity index (χ4n) is 2.54. The summed E-state index contributed by atoms with van der Waals surface area (Å²) in [7, 11) is 0. The lowest BCUT2D eigenvalue weighted by Gasteiger charge is -2.00. The Labute approximate surface area is 124 Å². The van der Waals surface area contributed by atoms with Crippen molar-refractivity contribution in [2.75, 3.05) is 0 Å². The van der Waals surface area contributed by atoms with Gasteiger partial charge in [-0.05, 0) is 29.3 Å². The molecule has 1 aromatic heterocycles. The molecule has 4 rings (SSSR count). The van der Waals surface area contributed by atoms with Crippen LogP contribution in [0.1, 0.15) is 13.8 Å². The molecule has 1 heterocycles. The molecule has 0 aliphatic heterocycles. The summed E-state index contributed by atoms with van der Waals surface area (Å²) in [4.78, 5) is 0. The van der Waals surface area contributed by atoms with Gasteiger partial charge >= 0.3 is 0 Å². The highest BCUT2D eigenvalue weighted by Gasteiger charge is 2.07. The predicted octanol–water partition coefficient (Wildman–Crippen LogP) is 6.28. The molecule has 0 fully saturated rings. The second-order valence-corrected chi connectivity index (χ2v) is 4.68. The number of para-hydroxylation sites is 1. The van der Waals surface area contributed by atoms with Crippen LogP contribution in [0.15, 0.2) is 77.2 Å². The smallest absolute Gasteiger partial charge is 0.135 e. The van der Waals surface area contributed by atoms with Crippen molar-refractivity contribution in [2.45, 2.75) is 13.8 Å². The highest BCUT2D eigenvalue weighted by molar-refractivity contribution is 6.06. The van der Waals surface area contributed by atoms with Gasteiger partial charge in [-0.2, -0.15) is 0 Å². The van der Waals surface area contributed by atoms with Crippen LogP contribution >= 0.6 is 0 Å². The van der Waals surface area contributed by atoms with Gasteiger partial charge in [0.15, 0.2) is 0 Å². The molecule has 0 bridgehead atoms. The summed E-state index contributed by atoms with van der Waals surface area (Å²) in [6.07, 6.45) is 0. The molecule has 3 aromatic carbocycles. The molecule has 1 nitrogen and oxygen atoms in total. The van der Waals surface area contributed by atoms with Gasteiger partial charge in [0.1, 0.15) is 11.2 Å². The molecule has 0 atom stereocenters. The van der Waals surface area contributed by atoms with Crippen molar-refractivity contribution in [3.05, 3.63) is 72.8 Å². The van der Waals surface area contributed by atoms with Crippen molar-refractivity contribution in [1.82, 2.24) is 0 Å².